The van der Waals surface area contributed by atoms with Crippen LogP contribution < -0.4 is 5.32 Å². The van der Waals surface area contributed by atoms with Crippen molar-refractivity contribution in [2.75, 3.05) is 6.54 Å². The Morgan fingerprint density at radius 1 is 1.29 bits per heavy atom. The predicted octanol–water partition coefficient (Wildman–Crippen LogP) is 2.08. The SMILES string of the molecule is c1ccc(Cc2noc(C3CCCN3)n2)cc1. The second-order valence-corrected chi connectivity index (χ2v) is 4.36. The standard InChI is InChI=1S/C13H15N3O/c1-2-5-10(6-3-1)9-12-15-13(17-16-12)11-7-4-8-14-11/h1-3,5-6,11,14H,4,7-9H2. The van der Waals surface area contributed by atoms with Gasteiger partial charge in [-0.3, -0.25) is 0 Å². The zero-order valence-electron chi connectivity index (χ0n) is 9.60. The van der Waals surface area contributed by atoms with E-state index in [-0.39, 0.29) is 6.04 Å². The molecule has 1 aliphatic rings. The third-order valence-corrected chi connectivity index (χ3v) is 3.05. The molecule has 0 saturated carbocycles. The van der Waals surface area contributed by atoms with E-state index in [1.54, 1.807) is 0 Å². The summed E-state index contributed by atoms with van der Waals surface area (Å²) in [5, 5.41) is 7.38. The van der Waals surface area contributed by atoms with Gasteiger partial charge in [-0.2, -0.15) is 4.98 Å². The fourth-order valence-electron chi connectivity index (χ4n) is 2.15. The highest BCUT2D eigenvalue weighted by molar-refractivity contribution is 5.18. The number of benzene rings is 1. The minimum absolute atomic E-state index is 0.257. The fraction of sp³-hybridized carbons (Fsp3) is 0.385. The molecule has 1 aliphatic heterocycles. The van der Waals surface area contributed by atoms with Crippen LogP contribution in [0.1, 0.15) is 36.2 Å². The largest absolute Gasteiger partial charge is 0.338 e. The first-order valence-electron chi connectivity index (χ1n) is 6.01. The Morgan fingerprint density at radius 3 is 2.94 bits per heavy atom. The molecular weight excluding hydrogens is 214 g/mol. The molecule has 4 heteroatoms. The van der Waals surface area contributed by atoms with Gasteiger partial charge in [0, 0.05) is 6.42 Å². The lowest BCUT2D eigenvalue weighted by molar-refractivity contribution is 0.341. The monoisotopic (exact) mass is 229 g/mol. The van der Waals surface area contributed by atoms with Crippen molar-refractivity contribution in [1.82, 2.24) is 15.5 Å². The third-order valence-electron chi connectivity index (χ3n) is 3.05. The number of hydrogen-bond acceptors (Lipinski definition) is 4. The highest BCUT2D eigenvalue weighted by Gasteiger charge is 2.22. The summed E-state index contributed by atoms with van der Waals surface area (Å²) in [6, 6.07) is 10.5. The molecular formula is C13H15N3O. The van der Waals surface area contributed by atoms with Crippen LogP contribution in [0.2, 0.25) is 0 Å². The van der Waals surface area contributed by atoms with Gasteiger partial charge in [0.25, 0.3) is 0 Å². The van der Waals surface area contributed by atoms with E-state index in [4.69, 9.17) is 4.52 Å². The van der Waals surface area contributed by atoms with Crippen LogP contribution in [-0.4, -0.2) is 16.7 Å². The highest BCUT2D eigenvalue weighted by atomic mass is 16.5. The lowest BCUT2D eigenvalue weighted by Crippen LogP contribution is -2.13. The molecule has 1 aromatic heterocycles. The van der Waals surface area contributed by atoms with Crippen molar-refractivity contribution in [3.63, 3.8) is 0 Å². The molecule has 0 amide bonds. The summed E-state index contributed by atoms with van der Waals surface area (Å²) in [7, 11) is 0. The van der Waals surface area contributed by atoms with E-state index < -0.39 is 0 Å². The molecule has 17 heavy (non-hydrogen) atoms. The summed E-state index contributed by atoms with van der Waals surface area (Å²) < 4.78 is 5.30. The summed E-state index contributed by atoms with van der Waals surface area (Å²) >= 11 is 0. The smallest absolute Gasteiger partial charge is 0.243 e. The molecule has 2 heterocycles. The van der Waals surface area contributed by atoms with Gasteiger partial charge in [-0.15, -0.1) is 0 Å². The van der Waals surface area contributed by atoms with Gasteiger partial charge >= 0.3 is 0 Å². The van der Waals surface area contributed by atoms with Gasteiger partial charge < -0.3 is 9.84 Å². The van der Waals surface area contributed by atoms with Gasteiger partial charge in [0.05, 0.1) is 6.04 Å². The van der Waals surface area contributed by atoms with E-state index in [0.29, 0.717) is 0 Å². The molecule has 0 bridgehead atoms. The van der Waals surface area contributed by atoms with E-state index in [9.17, 15) is 0 Å². The molecule has 88 valence electrons. The zero-order valence-corrected chi connectivity index (χ0v) is 9.60. The molecule has 0 radical (unpaired) electrons. The van der Waals surface area contributed by atoms with Crippen molar-refractivity contribution < 1.29 is 4.52 Å². The first-order valence-corrected chi connectivity index (χ1v) is 6.01. The fourth-order valence-corrected chi connectivity index (χ4v) is 2.15. The van der Waals surface area contributed by atoms with Gasteiger partial charge in [0.2, 0.25) is 5.89 Å². The Hall–Kier alpha value is -1.68. The lowest BCUT2D eigenvalue weighted by Gasteiger charge is -2.01. The molecule has 3 rings (SSSR count). The van der Waals surface area contributed by atoms with Crippen molar-refractivity contribution in [2.45, 2.75) is 25.3 Å². The second-order valence-electron chi connectivity index (χ2n) is 4.36. The second kappa shape index (κ2) is 4.67. The van der Waals surface area contributed by atoms with Crippen LogP contribution in [0.3, 0.4) is 0 Å². The summed E-state index contributed by atoms with van der Waals surface area (Å²) in [6.45, 7) is 1.04. The van der Waals surface area contributed by atoms with Crippen LogP contribution in [0.25, 0.3) is 0 Å². The van der Waals surface area contributed by atoms with Gasteiger partial charge in [0.15, 0.2) is 5.82 Å². The Kier molecular flexibility index (Phi) is 2.88. The molecule has 0 spiro atoms. The minimum atomic E-state index is 0.257. The lowest BCUT2D eigenvalue weighted by atomic mass is 10.1. The van der Waals surface area contributed by atoms with Crippen LogP contribution in [0.5, 0.6) is 0 Å². The average Bonchev–Trinajstić information content (AvgIpc) is 3.00. The molecule has 1 aromatic carbocycles. The first kappa shape index (κ1) is 10.5. The van der Waals surface area contributed by atoms with Gasteiger partial charge in [-0.05, 0) is 24.9 Å². The molecule has 1 atom stereocenters. The highest BCUT2D eigenvalue weighted by Crippen LogP contribution is 2.21. The Labute approximate surface area is 100 Å². The topological polar surface area (TPSA) is 51.0 Å². The molecule has 1 saturated heterocycles. The van der Waals surface area contributed by atoms with E-state index in [1.165, 1.54) is 12.0 Å². The van der Waals surface area contributed by atoms with Crippen molar-refractivity contribution in [3.05, 3.63) is 47.6 Å². The Morgan fingerprint density at radius 2 is 2.18 bits per heavy atom. The van der Waals surface area contributed by atoms with Crippen LogP contribution in [0.15, 0.2) is 34.9 Å². The Balaban J connectivity index is 1.72. The summed E-state index contributed by atoms with van der Waals surface area (Å²) in [5.74, 6) is 1.49. The molecule has 1 unspecified atom stereocenters. The van der Waals surface area contributed by atoms with Crippen LogP contribution in [0.4, 0.5) is 0 Å². The van der Waals surface area contributed by atoms with E-state index in [2.05, 4.69) is 27.6 Å². The zero-order chi connectivity index (χ0) is 11.5. The predicted molar refractivity (Wildman–Crippen MR) is 63.5 cm³/mol. The molecule has 2 aromatic rings. The van der Waals surface area contributed by atoms with Crippen LogP contribution in [-0.2, 0) is 6.42 Å². The maximum Gasteiger partial charge on any atom is 0.243 e. The van der Waals surface area contributed by atoms with Gasteiger partial charge in [-0.1, -0.05) is 35.5 Å². The molecule has 0 aliphatic carbocycles. The van der Waals surface area contributed by atoms with Crippen molar-refractivity contribution >= 4 is 0 Å². The number of aromatic nitrogens is 2. The normalized spacial score (nSPS) is 19.6. The Bertz CT molecular complexity index is 474. The maximum atomic E-state index is 5.30. The molecule has 4 nitrogen and oxygen atoms in total. The number of nitrogens with zero attached hydrogens (tertiary/aromatic N) is 2. The third kappa shape index (κ3) is 2.36. The number of nitrogens with one attached hydrogen (secondary N) is 1. The summed E-state index contributed by atoms with van der Waals surface area (Å²) in [5.41, 5.74) is 1.21. The average molecular weight is 229 g/mol. The number of rotatable bonds is 3. The number of hydrogen-bond donors (Lipinski definition) is 1. The molecule has 1 N–H and O–H groups in total. The summed E-state index contributed by atoms with van der Waals surface area (Å²) in [6.07, 6.45) is 3.01. The first-order chi connectivity index (χ1) is 8.42. The van der Waals surface area contributed by atoms with Gasteiger partial charge in [0.1, 0.15) is 0 Å². The van der Waals surface area contributed by atoms with Gasteiger partial charge in [-0.25, -0.2) is 0 Å². The van der Waals surface area contributed by atoms with Crippen LogP contribution >= 0.6 is 0 Å². The molecule has 1 fully saturated rings. The van der Waals surface area contributed by atoms with E-state index >= 15 is 0 Å². The van der Waals surface area contributed by atoms with E-state index in [0.717, 1.165) is 31.1 Å². The maximum absolute atomic E-state index is 5.30. The minimum Gasteiger partial charge on any atom is -0.338 e. The van der Waals surface area contributed by atoms with Crippen LogP contribution in [0, 0.1) is 0 Å². The van der Waals surface area contributed by atoms with E-state index in [1.807, 2.05) is 18.2 Å². The van der Waals surface area contributed by atoms with Crippen molar-refractivity contribution in [1.29, 1.82) is 0 Å². The van der Waals surface area contributed by atoms with Crippen molar-refractivity contribution in [3.8, 4) is 0 Å². The summed E-state index contributed by atoms with van der Waals surface area (Å²) in [4.78, 5) is 4.45. The quantitative estimate of drug-likeness (QED) is 0.875. The van der Waals surface area contributed by atoms with Crippen molar-refractivity contribution in [2.24, 2.45) is 0 Å².